The number of anilines is 3. The Morgan fingerprint density at radius 1 is 0.453 bits per heavy atom. The summed E-state index contributed by atoms with van der Waals surface area (Å²) in [7, 11) is 0. The van der Waals surface area contributed by atoms with Gasteiger partial charge in [0, 0.05) is 33.1 Å². The van der Waals surface area contributed by atoms with Crippen LogP contribution in [0, 0.1) is 0 Å². The number of fused-ring (bicyclic) bond motifs is 13. The fourth-order valence-corrected chi connectivity index (χ4v) is 7.98. The Kier molecular flexibility index (Phi) is 6.52. The molecule has 0 aliphatic carbocycles. The third-order valence-corrected chi connectivity index (χ3v) is 10.5. The molecule has 0 amide bonds. The fourth-order valence-electron chi connectivity index (χ4n) is 7.98. The molecule has 3 aromatic heterocycles. The van der Waals surface area contributed by atoms with E-state index in [1.807, 2.05) is 0 Å². The number of nitrogens with zero attached hydrogens (tertiary/aromatic N) is 3. The summed E-state index contributed by atoms with van der Waals surface area (Å²) in [6.07, 6.45) is 0. The number of hydrogen-bond acceptors (Lipinski definition) is 3. The molecule has 0 unspecified atom stereocenters. The minimum atomic E-state index is 0.820. The lowest BCUT2D eigenvalue weighted by molar-refractivity contribution is 0.669. The molecule has 0 N–H and O–H groups in total. The summed E-state index contributed by atoms with van der Waals surface area (Å²) >= 11 is 0. The van der Waals surface area contributed by atoms with Gasteiger partial charge in [-0.2, -0.15) is 0 Å². The van der Waals surface area contributed by atoms with Crippen LogP contribution in [0.1, 0.15) is 0 Å². The standard InChI is InChI=1S/C49H31N3O/c1-3-12-32(13-4-1)35-16-10-20-40(27-35)51(39-18-5-2-6-19-39)46-31-38-30-43-42-29-37(24-25-47(42)53-48(43)46)34-15-9-14-33(26-34)36-17-11-21-41(28-36)52-45-23-8-7-22-44(45)50-49(38)52/h1-31H. The van der Waals surface area contributed by atoms with Crippen LogP contribution in [-0.2, 0) is 0 Å². The van der Waals surface area contributed by atoms with Gasteiger partial charge in [-0.25, -0.2) is 4.98 Å². The molecule has 0 radical (unpaired) electrons. The van der Waals surface area contributed by atoms with Gasteiger partial charge in [-0.1, -0.05) is 109 Å². The number of benzene rings is 8. The predicted molar refractivity (Wildman–Crippen MR) is 221 cm³/mol. The maximum atomic E-state index is 6.92. The lowest BCUT2D eigenvalue weighted by atomic mass is 10.0. The molecule has 0 saturated carbocycles. The molecule has 248 valence electrons. The van der Waals surface area contributed by atoms with Crippen LogP contribution in [0.4, 0.5) is 17.1 Å². The van der Waals surface area contributed by atoms with Crippen molar-refractivity contribution in [2.45, 2.75) is 0 Å². The number of rotatable bonds is 4. The molecule has 0 aliphatic rings. The molecule has 0 atom stereocenters. The van der Waals surface area contributed by atoms with E-state index in [1.165, 1.54) is 10.9 Å². The van der Waals surface area contributed by atoms with Crippen LogP contribution in [0.3, 0.4) is 0 Å². The molecule has 11 aromatic rings. The van der Waals surface area contributed by atoms with E-state index in [0.29, 0.717) is 0 Å². The number of aromatic nitrogens is 2. The van der Waals surface area contributed by atoms with E-state index in [1.54, 1.807) is 0 Å². The summed E-state index contributed by atoms with van der Waals surface area (Å²) in [6.45, 7) is 0. The monoisotopic (exact) mass is 677 g/mol. The third-order valence-electron chi connectivity index (χ3n) is 10.5. The zero-order valence-corrected chi connectivity index (χ0v) is 28.6. The van der Waals surface area contributed by atoms with Crippen molar-refractivity contribution in [2.24, 2.45) is 0 Å². The lowest BCUT2D eigenvalue weighted by Crippen LogP contribution is -2.10. The van der Waals surface area contributed by atoms with Crippen molar-refractivity contribution in [3.8, 4) is 11.1 Å². The number of para-hydroxylation sites is 3. The van der Waals surface area contributed by atoms with Crippen molar-refractivity contribution >= 4 is 88.1 Å². The Morgan fingerprint density at radius 3 is 1.96 bits per heavy atom. The molecule has 8 bridgehead atoms. The summed E-state index contributed by atoms with van der Waals surface area (Å²) in [5.41, 5.74) is 10.9. The van der Waals surface area contributed by atoms with Crippen LogP contribution in [0.5, 0.6) is 0 Å². The van der Waals surface area contributed by atoms with Crippen molar-refractivity contribution < 1.29 is 4.42 Å². The first kappa shape index (κ1) is 29.5. The molecule has 3 heterocycles. The maximum absolute atomic E-state index is 6.92. The SMILES string of the molecule is c1ccc(-c2cccc(N(c3ccccc3)c3cc4cc5c3oc3ccc(cc35)c3cccc(c3)c3cccc(c3)n3c5ccccc5nc43)c2)cc1. The van der Waals surface area contributed by atoms with Gasteiger partial charge in [-0.3, -0.25) is 4.40 Å². The minimum absolute atomic E-state index is 0.820. The van der Waals surface area contributed by atoms with E-state index >= 15 is 0 Å². The van der Waals surface area contributed by atoms with E-state index in [9.17, 15) is 0 Å². The summed E-state index contributed by atoms with van der Waals surface area (Å²) in [4.78, 5) is 7.68. The van der Waals surface area contributed by atoms with E-state index < -0.39 is 0 Å². The zero-order valence-electron chi connectivity index (χ0n) is 28.6. The second-order valence-electron chi connectivity index (χ2n) is 13.7. The third kappa shape index (κ3) is 4.80. The first-order chi connectivity index (χ1) is 26.2. The molecule has 0 aliphatic heterocycles. The van der Waals surface area contributed by atoms with Crippen molar-refractivity contribution in [3.05, 3.63) is 188 Å². The predicted octanol–water partition coefficient (Wildman–Crippen LogP) is 13.5. The van der Waals surface area contributed by atoms with Crippen molar-refractivity contribution in [1.29, 1.82) is 0 Å². The van der Waals surface area contributed by atoms with Crippen molar-refractivity contribution in [3.63, 3.8) is 0 Å². The molecule has 11 rings (SSSR count). The highest BCUT2D eigenvalue weighted by Crippen LogP contribution is 2.45. The maximum Gasteiger partial charge on any atom is 0.159 e. The Labute approximate surface area is 305 Å². The van der Waals surface area contributed by atoms with Gasteiger partial charge in [0.05, 0.1) is 16.7 Å². The van der Waals surface area contributed by atoms with E-state index in [-0.39, 0.29) is 0 Å². The second kappa shape index (κ2) is 11.7. The Bertz CT molecular complexity index is 3230. The minimum Gasteiger partial charge on any atom is -0.454 e. The summed E-state index contributed by atoms with van der Waals surface area (Å²) in [6, 6.07) is 67.0. The fraction of sp³-hybridized carbons (Fsp3) is 0. The zero-order chi connectivity index (χ0) is 34.9. The van der Waals surface area contributed by atoms with E-state index in [0.717, 1.165) is 88.3 Å². The summed E-state index contributed by atoms with van der Waals surface area (Å²) in [5.74, 6) is 0. The van der Waals surface area contributed by atoms with Crippen LogP contribution in [0.25, 0.3) is 82.2 Å². The van der Waals surface area contributed by atoms with Gasteiger partial charge in [0.15, 0.2) is 5.58 Å². The van der Waals surface area contributed by atoms with Gasteiger partial charge in [0.2, 0.25) is 0 Å². The molecule has 0 fully saturated rings. The molecule has 8 aromatic carbocycles. The highest BCUT2D eigenvalue weighted by atomic mass is 16.3. The van der Waals surface area contributed by atoms with Crippen molar-refractivity contribution in [2.75, 3.05) is 4.90 Å². The van der Waals surface area contributed by atoms with Crippen LogP contribution < -0.4 is 4.90 Å². The van der Waals surface area contributed by atoms with Crippen LogP contribution in [0.15, 0.2) is 192 Å². The number of imidazole rings is 1. The molecule has 4 nitrogen and oxygen atoms in total. The summed E-state index contributed by atoms with van der Waals surface area (Å²) < 4.78 is 9.23. The Balaban J connectivity index is 1.34. The van der Waals surface area contributed by atoms with Crippen LogP contribution in [0.2, 0.25) is 0 Å². The average Bonchev–Trinajstić information content (AvgIpc) is 3.80. The Hall–Kier alpha value is -7.17. The number of furan rings is 1. The first-order valence-corrected chi connectivity index (χ1v) is 18.0. The summed E-state index contributed by atoms with van der Waals surface area (Å²) in [5, 5.41) is 7.73. The molecular formula is C49H31N3O. The molecule has 53 heavy (non-hydrogen) atoms. The van der Waals surface area contributed by atoms with E-state index in [4.69, 9.17) is 9.40 Å². The quantitative estimate of drug-likeness (QED) is 0.186. The van der Waals surface area contributed by atoms with Gasteiger partial charge < -0.3 is 9.32 Å². The van der Waals surface area contributed by atoms with Gasteiger partial charge >= 0.3 is 0 Å². The molecule has 4 heteroatoms. The van der Waals surface area contributed by atoms with Crippen molar-refractivity contribution in [1.82, 2.24) is 9.38 Å². The average molecular weight is 678 g/mol. The largest absolute Gasteiger partial charge is 0.454 e. The molecule has 0 spiro atoms. The first-order valence-electron chi connectivity index (χ1n) is 18.0. The lowest BCUT2D eigenvalue weighted by Gasteiger charge is -2.26. The Morgan fingerprint density at radius 2 is 1.11 bits per heavy atom. The topological polar surface area (TPSA) is 33.7 Å². The van der Waals surface area contributed by atoms with Gasteiger partial charge in [0.25, 0.3) is 0 Å². The van der Waals surface area contributed by atoms with Gasteiger partial charge in [-0.15, -0.1) is 0 Å². The van der Waals surface area contributed by atoms with Gasteiger partial charge in [-0.05, 0) is 112 Å². The molecular weight excluding hydrogens is 647 g/mol. The highest BCUT2D eigenvalue weighted by Gasteiger charge is 2.22. The van der Waals surface area contributed by atoms with Crippen LogP contribution in [-0.4, -0.2) is 9.38 Å². The van der Waals surface area contributed by atoms with E-state index in [2.05, 4.69) is 197 Å². The van der Waals surface area contributed by atoms with Crippen LogP contribution >= 0.6 is 0 Å². The van der Waals surface area contributed by atoms with Gasteiger partial charge in [0.1, 0.15) is 11.2 Å². The normalized spacial score (nSPS) is 11.8. The number of hydrogen-bond donors (Lipinski definition) is 0. The second-order valence-corrected chi connectivity index (χ2v) is 13.7. The smallest absolute Gasteiger partial charge is 0.159 e. The molecule has 0 saturated heterocycles. The highest BCUT2D eigenvalue weighted by molar-refractivity contribution is 6.15.